The predicted molar refractivity (Wildman–Crippen MR) is 76.5 cm³/mol. The van der Waals surface area contributed by atoms with Crippen LogP contribution in [0.2, 0.25) is 0 Å². The molecule has 0 saturated heterocycles. The van der Waals surface area contributed by atoms with Gasteiger partial charge in [-0.15, -0.1) is 23.2 Å². The summed E-state index contributed by atoms with van der Waals surface area (Å²) in [7, 11) is 0. The molecule has 0 saturated carbocycles. The zero-order valence-electron chi connectivity index (χ0n) is 8.74. The molecule has 2 nitrogen and oxygen atoms in total. The van der Waals surface area contributed by atoms with Crippen LogP contribution in [0.1, 0.15) is 0 Å². The van der Waals surface area contributed by atoms with E-state index in [4.69, 9.17) is 69.6 Å². The van der Waals surface area contributed by atoms with Crippen molar-refractivity contribution in [3.63, 3.8) is 0 Å². The summed E-state index contributed by atoms with van der Waals surface area (Å²) >= 11 is 37.3. The first-order valence-corrected chi connectivity index (χ1v) is 7.22. The monoisotopic (exact) mass is 376 g/mol. The molecule has 100 valence electrons. The molecule has 0 aromatic heterocycles. The zero-order chi connectivity index (χ0) is 14.4. The molecule has 0 amide bonds. The number of hydrogen-bond donors (Lipinski definition) is 0. The Kier molecular flexibility index (Phi) is 2.80. The number of carbonyl (C=O) groups excluding carboxylic acids is 2. The van der Waals surface area contributed by atoms with Crippen LogP contribution < -0.4 is 0 Å². The van der Waals surface area contributed by atoms with Crippen molar-refractivity contribution in [1.82, 2.24) is 0 Å². The van der Waals surface area contributed by atoms with E-state index in [1.807, 2.05) is 0 Å². The molecule has 0 fully saturated rings. The topological polar surface area (TPSA) is 34.1 Å². The molecule has 2 bridgehead atoms. The lowest BCUT2D eigenvalue weighted by atomic mass is 9.86. The number of hydrogen-bond acceptors (Lipinski definition) is 2. The van der Waals surface area contributed by atoms with Crippen LogP contribution in [0, 0.1) is 0 Å². The lowest BCUT2D eigenvalue weighted by Crippen LogP contribution is -2.46. The van der Waals surface area contributed by atoms with Crippen LogP contribution in [0.15, 0.2) is 33.4 Å². The quantitative estimate of drug-likeness (QED) is 0.474. The van der Waals surface area contributed by atoms with Crippen LogP contribution in [0.5, 0.6) is 0 Å². The third-order valence-corrected chi connectivity index (χ3v) is 7.56. The number of alkyl halides is 4. The highest BCUT2D eigenvalue weighted by Gasteiger charge is 2.80. The Hall–Kier alpha value is 0.300. The van der Waals surface area contributed by atoms with E-state index in [9.17, 15) is 9.59 Å². The Morgan fingerprint density at radius 3 is 1.37 bits per heavy atom. The van der Waals surface area contributed by atoms with E-state index in [2.05, 4.69) is 0 Å². The Balaban J connectivity index is 2.44. The van der Waals surface area contributed by atoms with Gasteiger partial charge in [0.15, 0.2) is 15.9 Å². The summed E-state index contributed by atoms with van der Waals surface area (Å²) in [6, 6.07) is 0. The number of fused-ring (bicyclic) bond motifs is 4. The van der Waals surface area contributed by atoms with Crippen molar-refractivity contribution in [2.75, 3.05) is 0 Å². The van der Waals surface area contributed by atoms with Crippen molar-refractivity contribution in [3.8, 4) is 0 Å². The largest absolute Gasteiger partial charge is 0.290 e. The van der Waals surface area contributed by atoms with Gasteiger partial charge >= 0.3 is 0 Å². The molecule has 3 aliphatic carbocycles. The molecule has 0 N–H and O–H groups in total. The number of halogens is 6. The van der Waals surface area contributed by atoms with Crippen LogP contribution in [0.25, 0.3) is 0 Å². The number of carbonyl (C=O) groups is 2. The molecule has 0 radical (unpaired) electrons. The van der Waals surface area contributed by atoms with E-state index in [0.29, 0.717) is 0 Å². The minimum atomic E-state index is -1.93. The molecule has 0 aromatic carbocycles. The Bertz CT molecular complexity index is 606. The van der Waals surface area contributed by atoms with Crippen molar-refractivity contribution >= 4 is 81.2 Å². The highest BCUT2D eigenvalue weighted by atomic mass is 35.5. The summed E-state index contributed by atoms with van der Waals surface area (Å²) in [5.41, 5.74) is -0.202. The molecular formula is C11H2Cl6O2. The molecule has 0 spiro atoms. The average Bonchev–Trinajstić information content (AvgIpc) is 2.55. The fourth-order valence-corrected chi connectivity index (χ4v) is 5.30. The Labute approximate surface area is 137 Å². The van der Waals surface area contributed by atoms with Crippen molar-refractivity contribution in [3.05, 3.63) is 33.4 Å². The number of rotatable bonds is 0. The van der Waals surface area contributed by atoms with Gasteiger partial charge in [0.25, 0.3) is 0 Å². The number of allylic oxidation sites excluding steroid dienone is 6. The van der Waals surface area contributed by atoms with E-state index in [0.717, 1.165) is 12.2 Å². The zero-order valence-corrected chi connectivity index (χ0v) is 13.3. The maximum Gasteiger partial charge on any atom is 0.184 e. The van der Waals surface area contributed by atoms with Gasteiger partial charge in [-0.25, -0.2) is 0 Å². The van der Waals surface area contributed by atoms with Gasteiger partial charge in [-0.2, -0.15) is 0 Å². The second kappa shape index (κ2) is 3.73. The maximum absolute atomic E-state index is 12.0. The molecule has 8 heteroatoms. The lowest BCUT2D eigenvalue weighted by Gasteiger charge is -2.32. The smallest absolute Gasteiger partial charge is 0.184 e. The van der Waals surface area contributed by atoms with Crippen molar-refractivity contribution < 1.29 is 9.59 Å². The van der Waals surface area contributed by atoms with Gasteiger partial charge in [-0.05, 0) is 12.2 Å². The van der Waals surface area contributed by atoms with Crippen LogP contribution in [-0.2, 0) is 9.59 Å². The average molecular weight is 379 g/mol. The Morgan fingerprint density at radius 2 is 1.05 bits per heavy atom. The van der Waals surface area contributed by atoms with Crippen LogP contribution >= 0.6 is 69.6 Å². The summed E-state index contributed by atoms with van der Waals surface area (Å²) in [5, 5.41) is -0.267. The first kappa shape index (κ1) is 14.2. The third kappa shape index (κ3) is 1.21. The summed E-state index contributed by atoms with van der Waals surface area (Å²) < 4.78 is -1.93. The lowest BCUT2D eigenvalue weighted by molar-refractivity contribution is -0.115. The second-order valence-electron chi connectivity index (χ2n) is 4.33. The fourth-order valence-electron chi connectivity index (χ4n) is 2.60. The highest BCUT2D eigenvalue weighted by molar-refractivity contribution is 6.69. The Morgan fingerprint density at radius 1 is 0.737 bits per heavy atom. The molecular weight excluding hydrogens is 377 g/mol. The normalized spacial score (nSPS) is 39.5. The second-order valence-corrected chi connectivity index (χ2v) is 7.55. The molecule has 19 heavy (non-hydrogen) atoms. The van der Waals surface area contributed by atoms with Crippen LogP contribution in [0.3, 0.4) is 0 Å². The molecule has 3 rings (SSSR count). The predicted octanol–water partition coefficient (Wildman–Crippen LogP) is 3.84. The summed E-state index contributed by atoms with van der Waals surface area (Å²) in [5.74, 6) is -1.03. The molecule has 3 aliphatic rings. The van der Waals surface area contributed by atoms with Gasteiger partial charge in [0.1, 0.15) is 9.75 Å². The molecule has 0 heterocycles. The van der Waals surface area contributed by atoms with E-state index in [1.54, 1.807) is 0 Å². The van der Waals surface area contributed by atoms with Crippen molar-refractivity contribution in [2.45, 2.75) is 14.1 Å². The van der Waals surface area contributed by atoms with Gasteiger partial charge < -0.3 is 0 Å². The van der Waals surface area contributed by atoms with E-state index < -0.39 is 25.6 Å². The van der Waals surface area contributed by atoms with Crippen molar-refractivity contribution in [2.24, 2.45) is 0 Å². The molecule has 0 aliphatic heterocycles. The minimum Gasteiger partial charge on any atom is -0.290 e. The third-order valence-electron chi connectivity index (χ3n) is 3.48. The van der Waals surface area contributed by atoms with E-state index in [1.165, 1.54) is 0 Å². The molecule has 0 unspecified atom stereocenters. The van der Waals surface area contributed by atoms with Gasteiger partial charge in [-0.1, -0.05) is 46.4 Å². The van der Waals surface area contributed by atoms with Crippen LogP contribution in [-0.4, -0.2) is 25.6 Å². The standard InChI is InChI=1S/C11H2Cl6O2/c12-7-8(13)10(15)6-4(19)2-1-3(18)5(6)9(7,14)11(10,16)17/h1-2H/t9-,10-/m0/s1. The highest BCUT2D eigenvalue weighted by Crippen LogP contribution is 2.74. The van der Waals surface area contributed by atoms with E-state index in [-0.39, 0.29) is 21.2 Å². The van der Waals surface area contributed by atoms with Gasteiger partial charge in [0, 0.05) is 11.1 Å². The SMILES string of the molecule is O=C1C=CC(=O)C2=C1[C@]1(Cl)C(Cl)=C(Cl)[C@]2(Cl)C1(Cl)Cl. The van der Waals surface area contributed by atoms with Gasteiger partial charge in [0.05, 0.1) is 10.1 Å². The van der Waals surface area contributed by atoms with E-state index >= 15 is 0 Å². The minimum absolute atomic E-state index is 0.101. The first-order chi connectivity index (χ1) is 8.61. The maximum atomic E-state index is 12.0. The summed E-state index contributed by atoms with van der Waals surface area (Å²) in [4.78, 5) is 20.4. The molecule has 2 atom stereocenters. The summed E-state index contributed by atoms with van der Waals surface area (Å²) in [6.45, 7) is 0. The fraction of sp³-hybridized carbons (Fsp3) is 0.273. The van der Waals surface area contributed by atoms with Crippen LogP contribution in [0.4, 0.5) is 0 Å². The van der Waals surface area contributed by atoms with Gasteiger partial charge in [-0.3, -0.25) is 9.59 Å². The van der Waals surface area contributed by atoms with Crippen molar-refractivity contribution in [1.29, 1.82) is 0 Å². The molecule has 0 aromatic rings. The number of ketones is 2. The van der Waals surface area contributed by atoms with Gasteiger partial charge in [0.2, 0.25) is 0 Å². The summed E-state index contributed by atoms with van der Waals surface area (Å²) in [6.07, 6.45) is 2.16. The first-order valence-electron chi connectivity index (χ1n) is 4.95.